The molecule has 1 aromatic rings. The lowest BCUT2D eigenvalue weighted by molar-refractivity contribution is -0.127. The first-order chi connectivity index (χ1) is 11.4. The van der Waals surface area contributed by atoms with Crippen molar-refractivity contribution in [2.45, 2.75) is 50.8 Å². The average molecular weight is 338 g/mol. The van der Waals surface area contributed by atoms with Gasteiger partial charge in [0.25, 0.3) is 0 Å². The van der Waals surface area contributed by atoms with Gasteiger partial charge in [-0.05, 0) is 44.9 Å². The summed E-state index contributed by atoms with van der Waals surface area (Å²) < 4.78 is 33.1. The summed E-state index contributed by atoms with van der Waals surface area (Å²) in [6, 6.07) is 3.80. The van der Waals surface area contributed by atoms with E-state index in [-0.39, 0.29) is 24.0 Å². The van der Waals surface area contributed by atoms with Gasteiger partial charge in [-0.25, -0.2) is 8.78 Å². The molecular formula is C18H24F2N2O2. The monoisotopic (exact) mass is 338 g/mol. The second-order valence-electron chi connectivity index (χ2n) is 7.04. The Kier molecular flexibility index (Phi) is 4.88. The maximum absolute atomic E-state index is 14.0. The molecular weight excluding hydrogens is 314 g/mol. The summed E-state index contributed by atoms with van der Waals surface area (Å²) in [5.41, 5.74) is -0.514. The molecule has 4 nitrogen and oxygen atoms in total. The Morgan fingerprint density at radius 2 is 2.17 bits per heavy atom. The fraction of sp³-hybridized carbons (Fsp3) is 0.611. The van der Waals surface area contributed by atoms with Crippen LogP contribution in [0.25, 0.3) is 0 Å². The first kappa shape index (κ1) is 17.3. The summed E-state index contributed by atoms with van der Waals surface area (Å²) in [7, 11) is 0. The van der Waals surface area contributed by atoms with Gasteiger partial charge < -0.3 is 10.1 Å². The lowest BCUT2D eigenvalue weighted by atomic mass is 10.0. The molecule has 3 rings (SSSR count). The molecule has 1 aliphatic carbocycles. The van der Waals surface area contributed by atoms with Crippen LogP contribution in [0, 0.1) is 11.6 Å². The van der Waals surface area contributed by atoms with Gasteiger partial charge in [0, 0.05) is 24.7 Å². The van der Waals surface area contributed by atoms with Gasteiger partial charge in [-0.3, -0.25) is 9.69 Å². The minimum atomic E-state index is -0.754. The Balaban J connectivity index is 1.61. The van der Waals surface area contributed by atoms with Gasteiger partial charge in [-0.1, -0.05) is 0 Å². The van der Waals surface area contributed by atoms with Gasteiger partial charge >= 0.3 is 0 Å². The number of carbonyl (C=O) groups excluding carboxylic acids is 1. The zero-order valence-electron chi connectivity index (χ0n) is 14.1. The Bertz CT molecular complexity index is 617. The number of morpholine rings is 1. The second kappa shape index (κ2) is 6.76. The van der Waals surface area contributed by atoms with Crippen LogP contribution in [0.4, 0.5) is 8.78 Å². The highest BCUT2D eigenvalue weighted by atomic mass is 19.1. The quantitative estimate of drug-likeness (QED) is 0.897. The summed E-state index contributed by atoms with van der Waals surface area (Å²) >= 11 is 0. The third kappa shape index (κ3) is 3.75. The van der Waals surface area contributed by atoms with E-state index >= 15 is 0 Å². The van der Waals surface area contributed by atoms with Crippen molar-refractivity contribution in [2.75, 3.05) is 19.7 Å². The fourth-order valence-electron chi connectivity index (χ4n) is 3.31. The molecule has 0 unspecified atom stereocenters. The number of amides is 1. The number of nitrogens with one attached hydrogen (secondary N) is 1. The van der Waals surface area contributed by atoms with Crippen molar-refractivity contribution in [3.8, 4) is 0 Å². The molecule has 132 valence electrons. The van der Waals surface area contributed by atoms with Crippen molar-refractivity contribution in [1.29, 1.82) is 0 Å². The van der Waals surface area contributed by atoms with Crippen molar-refractivity contribution in [2.24, 2.45) is 0 Å². The molecule has 1 aromatic carbocycles. The minimum absolute atomic E-state index is 0.158. The van der Waals surface area contributed by atoms with E-state index in [0.717, 1.165) is 18.7 Å². The average Bonchev–Trinajstić information content (AvgIpc) is 3.30. The van der Waals surface area contributed by atoms with Crippen LogP contribution in [0.3, 0.4) is 0 Å². The molecule has 1 heterocycles. The normalized spacial score (nSPS) is 23.3. The number of nitrogens with zero attached hydrogens (tertiary/aromatic N) is 1. The molecule has 1 saturated heterocycles. The van der Waals surface area contributed by atoms with Crippen LogP contribution >= 0.6 is 0 Å². The van der Waals surface area contributed by atoms with Crippen LogP contribution in [0.2, 0.25) is 0 Å². The predicted molar refractivity (Wildman–Crippen MR) is 86.5 cm³/mol. The number of carbonyl (C=O) groups is 1. The molecule has 1 N–H and O–H groups in total. The van der Waals surface area contributed by atoms with Crippen molar-refractivity contribution in [3.05, 3.63) is 35.4 Å². The van der Waals surface area contributed by atoms with Gasteiger partial charge in [-0.15, -0.1) is 0 Å². The molecule has 24 heavy (non-hydrogen) atoms. The number of halogens is 2. The number of ether oxygens (including phenoxy) is 1. The van der Waals surface area contributed by atoms with E-state index in [4.69, 9.17) is 4.74 Å². The third-order valence-corrected chi connectivity index (χ3v) is 4.89. The molecule has 1 atom stereocenters. The van der Waals surface area contributed by atoms with E-state index in [9.17, 15) is 13.6 Å². The second-order valence-corrected chi connectivity index (χ2v) is 7.04. The van der Waals surface area contributed by atoms with Crippen LogP contribution < -0.4 is 5.32 Å². The molecule has 0 radical (unpaired) electrons. The highest BCUT2D eigenvalue weighted by Crippen LogP contribution is 2.46. The molecule has 2 aliphatic rings. The van der Waals surface area contributed by atoms with E-state index in [2.05, 4.69) is 24.1 Å². The summed E-state index contributed by atoms with van der Waals surface area (Å²) in [5.74, 6) is -1.14. The Labute approximate surface area is 141 Å². The third-order valence-electron chi connectivity index (χ3n) is 4.89. The lowest BCUT2D eigenvalue weighted by Crippen LogP contribution is -2.48. The number of benzene rings is 1. The molecule has 6 heteroatoms. The highest BCUT2D eigenvalue weighted by molar-refractivity contribution is 5.78. The first-order valence-electron chi connectivity index (χ1n) is 8.52. The van der Waals surface area contributed by atoms with E-state index in [1.165, 1.54) is 6.07 Å². The molecule has 0 aromatic heterocycles. The number of hydrogen-bond donors (Lipinski definition) is 1. The maximum atomic E-state index is 14.0. The van der Waals surface area contributed by atoms with Gasteiger partial charge in [0.2, 0.25) is 5.91 Å². The molecule has 2 fully saturated rings. The molecule has 1 amide bonds. The number of hydrogen-bond acceptors (Lipinski definition) is 3. The Hall–Kier alpha value is -1.53. The SMILES string of the molecule is CC(C)N1CCO[C@@H](CC(=O)NC2(c3cc(F)ccc3F)CC2)C1. The molecule has 1 saturated carbocycles. The summed E-state index contributed by atoms with van der Waals surface area (Å²) in [4.78, 5) is 14.7. The van der Waals surface area contributed by atoms with E-state index < -0.39 is 17.2 Å². The van der Waals surface area contributed by atoms with Crippen molar-refractivity contribution in [3.63, 3.8) is 0 Å². The van der Waals surface area contributed by atoms with Crippen LogP contribution in [-0.2, 0) is 15.1 Å². The van der Waals surface area contributed by atoms with Crippen LogP contribution in [0.1, 0.15) is 38.7 Å². The first-order valence-corrected chi connectivity index (χ1v) is 8.52. The Morgan fingerprint density at radius 3 is 2.83 bits per heavy atom. The van der Waals surface area contributed by atoms with Gasteiger partial charge in [0.15, 0.2) is 0 Å². The number of rotatable bonds is 5. The maximum Gasteiger partial charge on any atom is 0.223 e. The van der Waals surface area contributed by atoms with Crippen molar-refractivity contribution in [1.82, 2.24) is 10.2 Å². The van der Waals surface area contributed by atoms with Crippen LogP contribution in [0.15, 0.2) is 18.2 Å². The largest absolute Gasteiger partial charge is 0.375 e. The van der Waals surface area contributed by atoms with Gasteiger partial charge in [-0.2, -0.15) is 0 Å². The predicted octanol–water partition coefficient (Wildman–Crippen LogP) is 2.57. The zero-order valence-corrected chi connectivity index (χ0v) is 14.1. The summed E-state index contributed by atoms with van der Waals surface area (Å²) in [5, 5.41) is 2.90. The summed E-state index contributed by atoms with van der Waals surface area (Å²) in [6.45, 7) is 6.43. The van der Waals surface area contributed by atoms with Gasteiger partial charge in [0.05, 0.1) is 24.7 Å². The van der Waals surface area contributed by atoms with E-state index in [0.29, 0.717) is 32.0 Å². The Morgan fingerprint density at radius 1 is 1.42 bits per heavy atom. The molecule has 1 aliphatic heterocycles. The van der Waals surface area contributed by atoms with E-state index in [1.807, 2.05) is 0 Å². The van der Waals surface area contributed by atoms with Crippen LogP contribution in [-0.4, -0.2) is 42.6 Å². The smallest absolute Gasteiger partial charge is 0.223 e. The highest BCUT2D eigenvalue weighted by Gasteiger charge is 2.47. The minimum Gasteiger partial charge on any atom is -0.375 e. The topological polar surface area (TPSA) is 41.6 Å². The lowest BCUT2D eigenvalue weighted by Gasteiger charge is -2.35. The van der Waals surface area contributed by atoms with E-state index in [1.54, 1.807) is 0 Å². The van der Waals surface area contributed by atoms with Crippen molar-refractivity contribution < 1.29 is 18.3 Å². The molecule has 0 spiro atoms. The summed E-state index contributed by atoms with van der Waals surface area (Å²) in [6.07, 6.45) is 1.34. The molecule has 0 bridgehead atoms. The zero-order chi connectivity index (χ0) is 17.3. The fourth-order valence-corrected chi connectivity index (χ4v) is 3.31. The van der Waals surface area contributed by atoms with Crippen molar-refractivity contribution >= 4 is 5.91 Å². The van der Waals surface area contributed by atoms with Crippen LogP contribution in [0.5, 0.6) is 0 Å². The standard InChI is InChI=1S/C18H24F2N2O2/c1-12(2)22-7-8-24-14(11-22)10-17(23)21-18(5-6-18)15-9-13(19)3-4-16(15)20/h3-4,9,12,14H,5-8,10-11H2,1-2H3,(H,21,23)/t14-/m0/s1. The van der Waals surface area contributed by atoms with Gasteiger partial charge in [0.1, 0.15) is 11.6 Å².